The molecule has 25 heavy (non-hydrogen) atoms. The van der Waals surface area contributed by atoms with Crippen molar-refractivity contribution in [2.75, 3.05) is 42.9 Å². The number of pyridine rings is 1. The fourth-order valence-corrected chi connectivity index (χ4v) is 3.65. The molecule has 0 spiro atoms. The van der Waals surface area contributed by atoms with Crippen molar-refractivity contribution in [3.63, 3.8) is 0 Å². The first-order valence-corrected chi connectivity index (χ1v) is 9.00. The van der Waals surface area contributed by atoms with Crippen molar-refractivity contribution in [3.8, 4) is 0 Å². The Labute approximate surface area is 148 Å². The first-order valence-electron chi connectivity index (χ1n) is 9.00. The molecule has 4 rings (SSSR count). The van der Waals surface area contributed by atoms with Gasteiger partial charge < -0.3 is 15.2 Å². The van der Waals surface area contributed by atoms with Gasteiger partial charge in [0.05, 0.1) is 0 Å². The monoisotopic (exact) mass is 335 g/mol. The van der Waals surface area contributed by atoms with E-state index in [0.29, 0.717) is 6.04 Å². The molecule has 1 aliphatic rings. The highest BCUT2D eigenvalue weighted by Gasteiger charge is 2.20. The second kappa shape index (κ2) is 7.15. The summed E-state index contributed by atoms with van der Waals surface area (Å²) < 4.78 is 0. The van der Waals surface area contributed by atoms with Crippen LogP contribution < -0.4 is 10.2 Å². The standard InChI is InChI=1S/C20H25N5/c1-16(23-20-7-2-3-9-22-20)15-24-11-13-25(14-12-24)19-6-4-5-18-17(19)8-10-21-18/h2-10,16,21H,11-15H2,1H3,(H,22,23). The maximum atomic E-state index is 4.35. The Morgan fingerprint density at radius 1 is 1.08 bits per heavy atom. The molecule has 2 N–H and O–H groups in total. The van der Waals surface area contributed by atoms with E-state index in [0.717, 1.165) is 38.5 Å². The number of aromatic nitrogens is 2. The van der Waals surface area contributed by atoms with Crippen molar-refractivity contribution in [2.45, 2.75) is 13.0 Å². The lowest BCUT2D eigenvalue weighted by Crippen LogP contribution is -2.49. The summed E-state index contributed by atoms with van der Waals surface area (Å²) in [4.78, 5) is 12.7. The number of nitrogens with one attached hydrogen (secondary N) is 2. The van der Waals surface area contributed by atoms with Crippen molar-refractivity contribution < 1.29 is 0 Å². The molecule has 5 nitrogen and oxygen atoms in total. The summed E-state index contributed by atoms with van der Waals surface area (Å²) in [5.74, 6) is 0.952. The van der Waals surface area contributed by atoms with E-state index in [9.17, 15) is 0 Å². The predicted molar refractivity (Wildman–Crippen MR) is 104 cm³/mol. The number of rotatable bonds is 5. The van der Waals surface area contributed by atoms with Crippen LogP contribution in [0.25, 0.3) is 10.9 Å². The average molecular weight is 335 g/mol. The number of fused-ring (bicyclic) bond motifs is 1. The minimum absolute atomic E-state index is 0.384. The van der Waals surface area contributed by atoms with Gasteiger partial charge in [-0.25, -0.2) is 4.98 Å². The number of benzene rings is 1. The Morgan fingerprint density at radius 3 is 2.76 bits per heavy atom. The van der Waals surface area contributed by atoms with Crippen LogP contribution in [0.4, 0.5) is 11.5 Å². The zero-order valence-corrected chi connectivity index (χ0v) is 14.7. The number of H-pyrrole nitrogens is 1. The van der Waals surface area contributed by atoms with E-state index in [4.69, 9.17) is 0 Å². The molecule has 1 fully saturated rings. The molecule has 0 amide bonds. The predicted octanol–water partition coefficient (Wildman–Crippen LogP) is 3.19. The van der Waals surface area contributed by atoms with Gasteiger partial charge in [0.15, 0.2) is 0 Å². The summed E-state index contributed by atoms with van der Waals surface area (Å²) >= 11 is 0. The van der Waals surface area contributed by atoms with Crippen LogP contribution in [-0.2, 0) is 0 Å². The lowest BCUT2D eigenvalue weighted by molar-refractivity contribution is 0.251. The van der Waals surface area contributed by atoms with Crippen LogP contribution in [0, 0.1) is 0 Å². The van der Waals surface area contributed by atoms with Crippen LogP contribution in [0.1, 0.15) is 6.92 Å². The van der Waals surface area contributed by atoms with Crippen molar-refractivity contribution in [1.29, 1.82) is 0 Å². The van der Waals surface area contributed by atoms with Crippen LogP contribution in [-0.4, -0.2) is 53.6 Å². The van der Waals surface area contributed by atoms with Gasteiger partial charge in [-0.2, -0.15) is 0 Å². The molecule has 5 heteroatoms. The molecule has 3 heterocycles. The third-order valence-electron chi connectivity index (χ3n) is 4.88. The largest absolute Gasteiger partial charge is 0.368 e. The normalized spacial score (nSPS) is 16.9. The molecule has 1 unspecified atom stereocenters. The fourth-order valence-electron chi connectivity index (χ4n) is 3.65. The minimum Gasteiger partial charge on any atom is -0.368 e. The molecule has 1 aliphatic heterocycles. The highest BCUT2D eigenvalue weighted by atomic mass is 15.3. The average Bonchev–Trinajstić information content (AvgIpc) is 3.12. The van der Waals surface area contributed by atoms with Gasteiger partial charge in [0.2, 0.25) is 0 Å². The molecule has 0 saturated carbocycles. The molecule has 130 valence electrons. The van der Waals surface area contributed by atoms with Crippen LogP contribution >= 0.6 is 0 Å². The highest BCUT2D eigenvalue weighted by molar-refractivity contribution is 5.92. The van der Waals surface area contributed by atoms with Crippen LogP contribution in [0.5, 0.6) is 0 Å². The lowest BCUT2D eigenvalue weighted by Gasteiger charge is -2.37. The fraction of sp³-hybridized carbons (Fsp3) is 0.350. The molecule has 0 aliphatic carbocycles. The minimum atomic E-state index is 0.384. The van der Waals surface area contributed by atoms with Crippen molar-refractivity contribution in [3.05, 3.63) is 54.9 Å². The third-order valence-corrected chi connectivity index (χ3v) is 4.88. The number of hydrogen-bond acceptors (Lipinski definition) is 4. The van der Waals surface area contributed by atoms with Crippen molar-refractivity contribution in [1.82, 2.24) is 14.9 Å². The number of anilines is 2. The first-order chi connectivity index (χ1) is 12.3. The quantitative estimate of drug-likeness (QED) is 0.752. The first kappa shape index (κ1) is 16.0. The maximum absolute atomic E-state index is 4.35. The Kier molecular flexibility index (Phi) is 4.57. The smallest absolute Gasteiger partial charge is 0.126 e. The van der Waals surface area contributed by atoms with Crippen LogP contribution in [0.15, 0.2) is 54.9 Å². The molecule has 0 bridgehead atoms. The number of nitrogens with zero attached hydrogens (tertiary/aromatic N) is 3. The Morgan fingerprint density at radius 2 is 1.96 bits per heavy atom. The van der Waals surface area contributed by atoms with Gasteiger partial charge in [-0.1, -0.05) is 12.1 Å². The SMILES string of the molecule is CC(CN1CCN(c2cccc3[nH]ccc23)CC1)Nc1ccccn1. The van der Waals surface area contributed by atoms with E-state index < -0.39 is 0 Å². The molecule has 0 radical (unpaired) electrons. The maximum Gasteiger partial charge on any atom is 0.126 e. The Bertz CT molecular complexity index is 805. The van der Waals surface area contributed by atoms with Gasteiger partial charge in [0.1, 0.15) is 5.82 Å². The zero-order valence-electron chi connectivity index (χ0n) is 14.7. The summed E-state index contributed by atoms with van der Waals surface area (Å²) in [5, 5.41) is 4.80. The number of aromatic amines is 1. The molecule has 2 aromatic heterocycles. The number of piperazine rings is 1. The zero-order chi connectivity index (χ0) is 17.1. The summed E-state index contributed by atoms with van der Waals surface area (Å²) in [6.45, 7) is 7.59. The van der Waals surface area contributed by atoms with E-state index in [-0.39, 0.29) is 0 Å². The summed E-state index contributed by atoms with van der Waals surface area (Å²) in [6.07, 6.45) is 3.85. The van der Waals surface area contributed by atoms with Gasteiger partial charge in [-0.15, -0.1) is 0 Å². The van der Waals surface area contributed by atoms with Gasteiger partial charge in [-0.3, -0.25) is 4.90 Å². The third kappa shape index (κ3) is 3.61. The lowest BCUT2D eigenvalue weighted by atomic mass is 10.1. The molecule has 1 atom stereocenters. The van der Waals surface area contributed by atoms with Crippen molar-refractivity contribution >= 4 is 22.4 Å². The van der Waals surface area contributed by atoms with Gasteiger partial charge in [-0.05, 0) is 37.3 Å². The van der Waals surface area contributed by atoms with E-state index >= 15 is 0 Å². The summed E-state index contributed by atoms with van der Waals surface area (Å²) in [7, 11) is 0. The van der Waals surface area contributed by atoms with Crippen molar-refractivity contribution in [2.24, 2.45) is 0 Å². The van der Waals surface area contributed by atoms with Gasteiger partial charge >= 0.3 is 0 Å². The molecule has 3 aromatic rings. The summed E-state index contributed by atoms with van der Waals surface area (Å²) in [6, 6.07) is 15.1. The van der Waals surface area contributed by atoms with E-state index in [1.165, 1.54) is 16.6 Å². The molecular formula is C20H25N5. The Hall–Kier alpha value is -2.53. The van der Waals surface area contributed by atoms with Crippen LogP contribution in [0.2, 0.25) is 0 Å². The number of hydrogen-bond donors (Lipinski definition) is 2. The molecule has 1 saturated heterocycles. The van der Waals surface area contributed by atoms with Crippen LogP contribution in [0.3, 0.4) is 0 Å². The molecule has 1 aromatic carbocycles. The molecular weight excluding hydrogens is 310 g/mol. The van der Waals surface area contributed by atoms with E-state index in [2.05, 4.69) is 56.3 Å². The summed E-state index contributed by atoms with van der Waals surface area (Å²) in [5.41, 5.74) is 2.56. The second-order valence-corrected chi connectivity index (χ2v) is 6.76. The van der Waals surface area contributed by atoms with E-state index in [1.54, 1.807) is 0 Å². The van der Waals surface area contributed by atoms with Gasteiger partial charge in [0, 0.05) is 67.7 Å². The Balaban J connectivity index is 1.33. The highest BCUT2D eigenvalue weighted by Crippen LogP contribution is 2.26. The second-order valence-electron chi connectivity index (χ2n) is 6.76. The van der Waals surface area contributed by atoms with E-state index in [1.807, 2.05) is 30.6 Å². The van der Waals surface area contributed by atoms with Gasteiger partial charge in [0.25, 0.3) is 0 Å². The topological polar surface area (TPSA) is 47.2 Å².